The Morgan fingerprint density at radius 3 is 0.839 bits per heavy atom. The van der Waals surface area contributed by atoms with Crippen LogP contribution in [-0.2, 0) is 0 Å². The van der Waals surface area contributed by atoms with E-state index in [2.05, 4.69) is 9.80 Å². The second-order valence-electron chi connectivity index (χ2n) is 23.6. The Morgan fingerprint density at radius 2 is 0.482 bits per heavy atom. The predicted octanol–water partition coefficient (Wildman–Crippen LogP) is 14.9. The summed E-state index contributed by atoms with van der Waals surface area (Å²) in [6, 6.07) is 5.57. The highest BCUT2D eigenvalue weighted by atomic mass is 15.2. The summed E-state index contributed by atoms with van der Waals surface area (Å²) in [4.78, 5) is 6.69. The first-order valence-electron chi connectivity index (χ1n) is 27.3. The fourth-order valence-electron chi connectivity index (χ4n) is 19.0. The third kappa shape index (κ3) is 8.42. The molecule has 12 unspecified atom stereocenters. The second kappa shape index (κ2) is 18.9. The SMILES string of the molecule is C1CCC(N(C2CCCCC2)C2CCCC(C3C4CCCCC4C(C4CCCC(N(C5CCCCC5)C5CCCCC5)C4)C4CC5CCCCC5CC43)C2)CC1. The van der Waals surface area contributed by atoms with E-state index in [0.717, 1.165) is 95.4 Å². The standard InChI is InChI=1S/C54H92N2/c1-5-23-43(24-6-1)55(44-25-7-2-8-26-44)47-31-17-21-41(35-47)53-49-33-15-16-34-50(49)54(52-38-40-20-14-13-19-39(40)37-51(52)53)42-22-18-32-48(36-42)56(45-27-9-3-10-28-45)46-29-11-4-12-30-46/h39-54H,1-38H2. The van der Waals surface area contributed by atoms with Gasteiger partial charge in [0.05, 0.1) is 0 Å². The molecule has 0 N–H and O–H groups in total. The third-order valence-electron chi connectivity index (χ3n) is 20.9. The minimum Gasteiger partial charge on any atom is -0.294 e. The molecule has 0 heterocycles. The Bertz CT molecular complexity index is 1060. The van der Waals surface area contributed by atoms with Crippen molar-refractivity contribution >= 4 is 0 Å². The van der Waals surface area contributed by atoms with Crippen molar-refractivity contribution in [2.24, 2.45) is 59.2 Å². The van der Waals surface area contributed by atoms with Crippen LogP contribution in [0, 0.1) is 59.2 Å². The fraction of sp³-hybridized carbons (Fsp3) is 1.00. The van der Waals surface area contributed by atoms with E-state index in [0.29, 0.717) is 0 Å². The lowest BCUT2D eigenvalue weighted by molar-refractivity contribution is -0.141. The minimum absolute atomic E-state index is 0.925. The molecule has 2 heteroatoms. The van der Waals surface area contributed by atoms with Gasteiger partial charge < -0.3 is 0 Å². The summed E-state index contributed by atoms with van der Waals surface area (Å²) in [6.45, 7) is 0. The summed E-state index contributed by atoms with van der Waals surface area (Å²) in [5.41, 5.74) is 0. The lowest BCUT2D eigenvalue weighted by atomic mass is 9.43. The van der Waals surface area contributed by atoms with Gasteiger partial charge in [-0.1, -0.05) is 141 Å². The van der Waals surface area contributed by atoms with Crippen molar-refractivity contribution in [3.63, 3.8) is 0 Å². The van der Waals surface area contributed by atoms with Gasteiger partial charge in [0, 0.05) is 36.3 Å². The summed E-state index contributed by atoms with van der Waals surface area (Å²) in [5, 5.41) is 0. The van der Waals surface area contributed by atoms with E-state index in [1.54, 1.807) is 116 Å². The Labute approximate surface area is 348 Å². The lowest BCUT2D eigenvalue weighted by Crippen LogP contribution is -2.58. The topological polar surface area (TPSA) is 6.48 Å². The Balaban J connectivity index is 0.942. The van der Waals surface area contributed by atoms with E-state index in [4.69, 9.17) is 0 Å². The first-order chi connectivity index (χ1) is 27.8. The fourth-order valence-corrected chi connectivity index (χ4v) is 19.0. The molecule has 10 aliphatic carbocycles. The van der Waals surface area contributed by atoms with Crippen LogP contribution in [0.15, 0.2) is 0 Å². The summed E-state index contributed by atoms with van der Waals surface area (Å²) < 4.78 is 0. The molecule has 318 valence electrons. The van der Waals surface area contributed by atoms with Gasteiger partial charge in [-0.25, -0.2) is 0 Å². The molecule has 10 aliphatic rings. The van der Waals surface area contributed by atoms with Crippen molar-refractivity contribution in [1.82, 2.24) is 9.80 Å². The molecule has 10 rings (SSSR count). The van der Waals surface area contributed by atoms with Crippen molar-refractivity contribution in [3.8, 4) is 0 Å². The molecule has 0 saturated heterocycles. The van der Waals surface area contributed by atoms with Crippen LogP contribution in [0.2, 0.25) is 0 Å². The molecular formula is C54H92N2. The summed E-state index contributed by atoms with van der Waals surface area (Å²) in [7, 11) is 0. The summed E-state index contributed by atoms with van der Waals surface area (Å²) >= 11 is 0. The zero-order chi connectivity index (χ0) is 37.3. The molecule has 10 saturated carbocycles. The van der Waals surface area contributed by atoms with Gasteiger partial charge in [-0.3, -0.25) is 9.80 Å². The van der Waals surface area contributed by atoms with Crippen LogP contribution in [0.5, 0.6) is 0 Å². The molecule has 0 spiro atoms. The number of nitrogens with zero attached hydrogens (tertiary/aromatic N) is 2. The van der Waals surface area contributed by atoms with E-state index in [-0.39, 0.29) is 0 Å². The van der Waals surface area contributed by atoms with Gasteiger partial charge in [-0.05, 0) is 162 Å². The van der Waals surface area contributed by atoms with E-state index < -0.39 is 0 Å². The quantitative estimate of drug-likeness (QED) is 0.243. The smallest absolute Gasteiger partial charge is 0.0104 e. The highest BCUT2D eigenvalue weighted by Crippen LogP contribution is 2.65. The lowest BCUT2D eigenvalue weighted by Gasteiger charge is -2.63. The maximum Gasteiger partial charge on any atom is 0.0104 e. The van der Waals surface area contributed by atoms with Crippen LogP contribution >= 0.6 is 0 Å². The Hall–Kier alpha value is -0.0800. The van der Waals surface area contributed by atoms with Gasteiger partial charge >= 0.3 is 0 Å². The van der Waals surface area contributed by atoms with Gasteiger partial charge in [-0.2, -0.15) is 0 Å². The highest BCUT2D eigenvalue weighted by Gasteiger charge is 2.58. The minimum atomic E-state index is 0.925. The monoisotopic (exact) mass is 769 g/mol. The van der Waals surface area contributed by atoms with Crippen LogP contribution in [0.25, 0.3) is 0 Å². The Morgan fingerprint density at radius 1 is 0.196 bits per heavy atom. The second-order valence-corrected chi connectivity index (χ2v) is 23.6. The first-order valence-corrected chi connectivity index (χ1v) is 27.3. The van der Waals surface area contributed by atoms with Crippen LogP contribution in [0.1, 0.15) is 244 Å². The van der Waals surface area contributed by atoms with E-state index in [9.17, 15) is 0 Å². The third-order valence-corrected chi connectivity index (χ3v) is 20.9. The van der Waals surface area contributed by atoms with Gasteiger partial charge in [0.1, 0.15) is 0 Å². The Kier molecular flexibility index (Phi) is 13.5. The van der Waals surface area contributed by atoms with Gasteiger partial charge in [0.15, 0.2) is 0 Å². The predicted molar refractivity (Wildman–Crippen MR) is 237 cm³/mol. The summed E-state index contributed by atoms with van der Waals surface area (Å²) in [5.74, 6) is 10.8. The molecule has 0 radical (unpaired) electrons. The van der Waals surface area contributed by atoms with Crippen LogP contribution in [-0.4, -0.2) is 46.1 Å². The zero-order valence-corrected chi connectivity index (χ0v) is 37.0. The highest BCUT2D eigenvalue weighted by molar-refractivity contribution is 5.08. The van der Waals surface area contributed by atoms with Crippen LogP contribution in [0.4, 0.5) is 0 Å². The van der Waals surface area contributed by atoms with Crippen molar-refractivity contribution in [2.75, 3.05) is 0 Å². The molecule has 0 aromatic heterocycles. The van der Waals surface area contributed by atoms with Crippen molar-refractivity contribution in [1.29, 1.82) is 0 Å². The number of hydrogen-bond acceptors (Lipinski definition) is 2. The maximum atomic E-state index is 3.34. The molecule has 10 fully saturated rings. The molecule has 12 atom stereocenters. The molecule has 2 nitrogen and oxygen atoms in total. The van der Waals surface area contributed by atoms with Gasteiger partial charge in [0.25, 0.3) is 0 Å². The average Bonchev–Trinajstić information content (AvgIpc) is 3.27. The molecule has 0 aromatic carbocycles. The molecule has 0 aliphatic heterocycles. The molecule has 56 heavy (non-hydrogen) atoms. The van der Waals surface area contributed by atoms with Crippen molar-refractivity contribution in [3.05, 3.63) is 0 Å². The normalized spacial score (nSPS) is 44.2. The molecule has 0 bridgehead atoms. The molecule has 0 amide bonds. The average molecular weight is 769 g/mol. The van der Waals surface area contributed by atoms with Crippen LogP contribution < -0.4 is 0 Å². The van der Waals surface area contributed by atoms with Gasteiger partial charge in [-0.15, -0.1) is 0 Å². The number of hydrogen-bond donors (Lipinski definition) is 0. The van der Waals surface area contributed by atoms with E-state index in [1.807, 2.05) is 0 Å². The molecule has 0 aromatic rings. The molecular weight excluding hydrogens is 677 g/mol. The van der Waals surface area contributed by atoms with E-state index >= 15 is 0 Å². The van der Waals surface area contributed by atoms with Crippen molar-refractivity contribution < 1.29 is 0 Å². The number of rotatable bonds is 8. The van der Waals surface area contributed by atoms with Crippen LogP contribution in [0.3, 0.4) is 0 Å². The van der Waals surface area contributed by atoms with Crippen molar-refractivity contribution in [2.45, 2.75) is 280 Å². The number of fused-ring (bicyclic) bond motifs is 3. The first kappa shape index (κ1) is 40.0. The van der Waals surface area contributed by atoms with Gasteiger partial charge in [0.2, 0.25) is 0 Å². The van der Waals surface area contributed by atoms with E-state index in [1.165, 1.54) is 128 Å². The zero-order valence-electron chi connectivity index (χ0n) is 37.0. The summed E-state index contributed by atoms with van der Waals surface area (Å²) in [6.07, 6.45) is 59.2. The maximum absolute atomic E-state index is 3.34. The largest absolute Gasteiger partial charge is 0.294 e.